The number of methoxy groups -OCH3 is 4. The van der Waals surface area contributed by atoms with Crippen molar-refractivity contribution in [3.8, 4) is 0 Å². The van der Waals surface area contributed by atoms with Gasteiger partial charge in [-0.05, 0) is 312 Å². The molecule has 6 atom stereocenters. The molecule has 0 amide bonds. The zero-order valence-electron chi connectivity index (χ0n) is 82.9. The lowest BCUT2D eigenvalue weighted by atomic mass is 9.98. The number of rotatable bonds is 35. The molecule has 2 saturated carbocycles. The lowest BCUT2D eigenvalue weighted by molar-refractivity contribution is -0.0118. The predicted octanol–water partition coefficient (Wildman–Crippen LogP) is 28.0. The van der Waals surface area contributed by atoms with Crippen LogP contribution in [-0.2, 0) is 71.1 Å². The van der Waals surface area contributed by atoms with E-state index in [1.54, 1.807) is 28.4 Å². The van der Waals surface area contributed by atoms with Crippen LogP contribution in [0.5, 0.6) is 0 Å². The molecule has 15 nitrogen and oxygen atoms in total. The number of ether oxygens (including phenoxy) is 15. The summed E-state index contributed by atoms with van der Waals surface area (Å²) >= 11 is 0. The van der Waals surface area contributed by atoms with Gasteiger partial charge in [0, 0.05) is 87.9 Å². The Hall–Kier alpha value is -0.600. The molecule has 674 valence electrons. The largest absolute Gasteiger partial charge is 0.382 e. The van der Waals surface area contributed by atoms with Crippen LogP contribution in [0.3, 0.4) is 0 Å². The van der Waals surface area contributed by atoms with Gasteiger partial charge in [0.1, 0.15) is 0 Å². The predicted molar refractivity (Wildman–Crippen MR) is 480 cm³/mol. The Morgan fingerprint density at radius 1 is 0.250 bits per heavy atom. The molecule has 0 aliphatic heterocycles. The van der Waals surface area contributed by atoms with E-state index in [9.17, 15) is 0 Å². The highest BCUT2D eigenvalue weighted by atomic mass is 16.5. The van der Waals surface area contributed by atoms with Crippen LogP contribution < -0.4 is 0 Å². The quantitative estimate of drug-likeness (QED) is 0.0594. The van der Waals surface area contributed by atoms with Gasteiger partial charge in [0.05, 0.1) is 102 Å². The first-order valence-corrected chi connectivity index (χ1v) is 44.2. The van der Waals surface area contributed by atoms with Gasteiger partial charge in [0.15, 0.2) is 0 Å². The fraction of sp³-hybridized carbons (Fsp3) is 1.00. The summed E-state index contributed by atoms with van der Waals surface area (Å²) in [6, 6.07) is 0. The molecule has 0 saturated heterocycles. The van der Waals surface area contributed by atoms with E-state index in [1.165, 1.54) is 96.3 Å². The van der Waals surface area contributed by atoms with E-state index in [2.05, 4.69) is 187 Å². The fourth-order valence-corrected chi connectivity index (χ4v) is 8.00. The lowest BCUT2D eigenvalue weighted by Crippen LogP contribution is -2.20. The average molecular weight is 1570 g/mol. The highest BCUT2D eigenvalue weighted by molar-refractivity contribution is 4.68. The monoisotopic (exact) mass is 1570 g/mol. The zero-order chi connectivity index (χ0) is 87.4. The van der Waals surface area contributed by atoms with E-state index < -0.39 is 0 Å². The maximum absolute atomic E-state index is 5.69. The minimum Gasteiger partial charge on any atom is -0.382 e. The van der Waals surface area contributed by atoms with Crippen molar-refractivity contribution in [3.05, 3.63) is 0 Å². The molecule has 0 bridgehead atoms. The van der Waals surface area contributed by atoms with Crippen molar-refractivity contribution < 1.29 is 71.1 Å². The van der Waals surface area contributed by atoms with Gasteiger partial charge in [-0.2, -0.15) is 0 Å². The summed E-state index contributed by atoms with van der Waals surface area (Å²) in [4.78, 5) is 0. The SMILES string of the molecule is CC(C)OC1CCCC1.CC(C)OC1CCCCC1.CCC(C)OC.CCCC(C)OC.CCCC(C)OCC.CCCOC(C)C.CCCOC(C)CC.CCCOC(C)CCC.CCOC(C)(C)C.CCOC(C)(C)C.CCOC(C)C.CCOC(C)C.CCOC(C)CC.COC(C)(C)C.COC(C)C. The van der Waals surface area contributed by atoms with Crippen molar-refractivity contribution >= 4 is 0 Å². The Morgan fingerprint density at radius 3 is 0.657 bits per heavy atom. The van der Waals surface area contributed by atoms with Gasteiger partial charge in [0.25, 0.3) is 0 Å². The molecule has 0 heterocycles. The summed E-state index contributed by atoms with van der Waals surface area (Å²) in [7, 11) is 6.89. The van der Waals surface area contributed by atoms with E-state index in [0.29, 0.717) is 85.5 Å². The Bertz CT molecular complexity index is 1370. The van der Waals surface area contributed by atoms with Gasteiger partial charge in [-0.1, -0.05) is 114 Å². The lowest BCUT2D eigenvalue weighted by Gasteiger charge is -2.23. The van der Waals surface area contributed by atoms with E-state index >= 15 is 0 Å². The maximum atomic E-state index is 5.69. The maximum Gasteiger partial charge on any atom is 0.0598 e. The third kappa shape index (κ3) is 187. The van der Waals surface area contributed by atoms with Crippen LogP contribution >= 0.6 is 0 Å². The van der Waals surface area contributed by atoms with Crippen molar-refractivity contribution in [2.45, 2.75) is 528 Å². The molecule has 2 fully saturated rings. The topological polar surface area (TPSA) is 138 Å². The standard InChI is InChI=1S/C9H18O.C8H16O.C8H18O.2C7H16O.5C6H14O.4C5H12O.C4H10O/c1-8(2)10-9-6-4-3-5-7-9;1-7(2)9-8-5-3-4-6-8;1-4-6-8(3)9-7-5-2;1-4-6-7(3)8-5-2;1-4-6-8-7(3)5-2;2*1-5-7-6(2,3)4;1-4-5-6(2)7-3;1-4-5-7-6(2)3;1-4-6(3)7-5-2;1-5(2,3)6-4;1-4-5(2)6-3;2*1-4-6-5(2)3;1-4(2)5-3/h8-9H,3-7H2,1-2H3;7-8H,3-6H2,1-2H3;8H,4-7H2,1-3H3;2*7H,4-6H2,1-3H3;2*5H2,1-4H3;3*6H,4-5H2,1-3H3;1-4H3;3*5H,4H2,1-3H3;4H,1-3H3. The molecule has 0 aromatic rings. The first-order chi connectivity index (χ1) is 50.2. The minimum absolute atomic E-state index is 0.0417. The van der Waals surface area contributed by atoms with Crippen LogP contribution in [-0.4, -0.2) is 190 Å². The highest BCUT2D eigenvalue weighted by Gasteiger charge is 2.16. The minimum atomic E-state index is 0.0417. The molecule has 15 heteroatoms. The third-order valence-corrected chi connectivity index (χ3v) is 14.4. The molecular formula is C93H212O15. The molecule has 2 aliphatic carbocycles. The van der Waals surface area contributed by atoms with E-state index in [1.807, 2.05) is 104 Å². The fourth-order valence-electron chi connectivity index (χ4n) is 8.00. The second kappa shape index (κ2) is 108. The van der Waals surface area contributed by atoms with Crippen molar-refractivity contribution in [3.63, 3.8) is 0 Å². The van der Waals surface area contributed by atoms with Crippen LogP contribution in [0.15, 0.2) is 0 Å². The molecule has 0 radical (unpaired) electrons. The van der Waals surface area contributed by atoms with Crippen LogP contribution in [0.2, 0.25) is 0 Å². The first-order valence-electron chi connectivity index (χ1n) is 44.2. The third-order valence-electron chi connectivity index (χ3n) is 14.4. The van der Waals surface area contributed by atoms with Gasteiger partial charge in [-0.25, -0.2) is 0 Å². The van der Waals surface area contributed by atoms with Gasteiger partial charge in [-0.3, -0.25) is 0 Å². The van der Waals surface area contributed by atoms with Crippen LogP contribution in [0.4, 0.5) is 0 Å². The van der Waals surface area contributed by atoms with E-state index in [0.717, 1.165) is 98.0 Å². The second-order valence-electron chi connectivity index (χ2n) is 31.7. The Kier molecular flexibility index (Phi) is 137. The summed E-state index contributed by atoms with van der Waals surface area (Å²) in [6.45, 7) is 94.7. The Labute approximate surface area is 683 Å². The Morgan fingerprint density at radius 2 is 0.500 bits per heavy atom. The molecule has 2 rings (SSSR count). The number of hydrogen-bond acceptors (Lipinski definition) is 15. The zero-order valence-corrected chi connectivity index (χ0v) is 82.9. The van der Waals surface area contributed by atoms with Crippen molar-refractivity contribution in [2.75, 3.05) is 87.9 Å². The van der Waals surface area contributed by atoms with Crippen LogP contribution in [0, 0.1) is 0 Å². The van der Waals surface area contributed by atoms with Crippen molar-refractivity contribution in [1.82, 2.24) is 0 Å². The number of hydrogen-bond donors (Lipinski definition) is 0. The van der Waals surface area contributed by atoms with Gasteiger partial charge >= 0.3 is 0 Å². The molecule has 2 aliphatic rings. The smallest absolute Gasteiger partial charge is 0.0598 e. The summed E-state index contributed by atoms with van der Waals surface area (Å²) in [5.74, 6) is 0. The highest BCUT2D eigenvalue weighted by Crippen LogP contribution is 2.22. The van der Waals surface area contributed by atoms with Crippen molar-refractivity contribution in [1.29, 1.82) is 0 Å². The molecule has 6 unspecified atom stereocenters. The van der Waals surface area contributed by atoms with Crippen molar-refractivity contribution in [2.24, 2.45) is 0 Å². The second-order valence-corrected chi connectivity index (χ2v) is 31.7. The molecule has 0 N–H and O–H groups in total. The first kappa shape index (κ1) is 136. The van der Waals surface area contributed by atoms with Gasteiger partial charge in [-0.15, -0.1) is 0 Å². The van der Waals surface area contributed by atoms with Crippen LogP contribution in [0.25, 0.3) is 0 Å². The summed E-state index contributed by atoms with van der Waals surface area (Å²) < 4.78 is 77.9. The molecule has 108 heavy (non-hydrogen) atoms. The van der Waals surface area contributed by atoms with E-state index in [-0.39, 0.29) is 16.8 Å². The molecule has 0 spiro atoms. The molecule has 0 aromatic heterocycles. The molecule has 0 aromatic carbocycles. The normalized spacial score (nSPS) is 14.1. The van der Waals surface area contributed by atoms with Crippen LogP contribution in [0.1, 0.15) is 426 Å². The summed E-state index contributed by atoms with van der Waals surface area (Å²) in [5, 5.41) is 0. The summed E-state index contributed by atoms with van der Waals surface area (Å²) in [5.41, 5.74) is 0.142. The summed E-state index contributed by atoms with van der Waals surface area (Å²) in [6.07, 6.45) is 32.3. The van der Waals surface area contributed by atoms with E-state index in [4.69, 9.17) is 71.1 Å². The van der Waals surface area contributed by atoms with Gasteiger partial charge < -0.3 is 71.1 Å². The molecular weight excluding hydrogens is 1360 g/mol. The Balaban J connectivity index is -0.0000000817. The van der Waals surface area contributed by atoms with Gasteiger partial charge in [0.2, 0.25) is 0 Å². The average Bonchev–Trinajstić information content (AvgIpc) is 1.78.